The zero-order valence-electron chi connectivity index (χ0n) is 12.1. The van der Waals surface area contributed by atoms with Gasteiger partial charge in [0.1, 0.15) is 5.75 Å². The van der Waals surface area contributed by atoms with Crippen molar-refractivity contribution in [1.82, 2.24) is 4.98 Å². The molecule has 1 aromatic carbocycles. The van der Waals surface area contributed by atoms with Crippen molar-refractivity contribution in [2.24, 2.45) is 5.73 Å². The number of sulfone groups is 1. The van der Waals surface area contributed by atoms with Crippen molar-refractivity contribution >= 4 is 21.7 Å². The van der Waals surface area contributed by atoms with E-state index < -0.39 is 37.8 Å². The van der Waals surface area contributed by atoms with Crippen LogP contribution in [-0.4, -0.2) is 30.8 Å². The molecule has 0 spiro atoms. The molecule has 0 fully saturated rings. The molecular weight excluding hydrogens is 365 g/mol. The van der Waals surface area contributed by atoms with Crippen LogP contribution < -0.4 is 10.5 Å². The van der Waals surface area contributed by atoms with Gasteiger partial charge in [0, 0.05) is 11.8 Å². The molecule has 7 nitrogen and oxygen atoms in total. The third kappa shape index (κ3) is 3.76. The van der Waals surface area contributed by atoms with Gasteiger partial charge in [0.15, 0.2) is 5.03 Å². The van der Waals surface area contributed by atoms with Crippen LogP contribution in [0, 0.1) is 0 Å². The summed E-state index contributed by atoms with van der Waals surface area (Å²) in [5.74, 6) is -2.42. The molecule has 25 heavy (non-hydrogen) atoms. The van der Waals surface area contributed by atoms with Crippen molar-refractivity contribution < 1.29 is 35.9 Å². The molecule has 0 aliphatic carbocycles. The maximum Gasteiger partial charge on any atom is 0.503 e. The maximum absolute atomic E-state index is 12.7. The van der Waals surface area contributed by atoms with Gasteiger partial charge in [0.2, 0.25) is 5.91 Å². The second-order valence-electron chi connectivity index (χ2n) is 4.59. The van der Waals surface area contributed by atoms with Gasteiger partial charge in [0.05, 0.1) is 5.56 Å². The summed E-state index contributed by atoms with van der Waals surface area (Å²) in [4.78, 5) is 26.3. The van der Waals surface area contributed by atoms with Crippen LogP contribution in [0.3, 0.4) is 0 Å². The topological polar surface area (TPSA) is 116 Å². The van der Waals surface area contributed by atoms with Gasteiger partial charge in [-0.05, 0) is 30.3 Å². The second kappa shape index (κ2) is 6.51. The lowest BCUT2D eigenvalue weighted by Gasteiger charge is -2.11. The molecule has 2 rings (SSSR count). The van der Waals surface area contributed by atoms with E-state index in [1.54, 1.807) is 0 Å². The third-order valence-corrected chi connectivity index (χ3v) is 4.32. The number of aromatic nitrogens is 1. The Hall–Kier alpha value is -2.95. The number of primary amides is 1. The number of hydrogen-bond acceptors (Lipinski definition) is 6. The van der Waals surface area contributed by atoms with Crippen LogP contribution >= 0.6 is 0 Å². The lowest BCUT2D eigenvalue weighted by molar-refractivity contribution is -0.0438. The van der Waals surface area contributed by atoms with Crippen LogP contribution in [0.2, 0.25) is 0 Å². The minimum Gasteiger partial charge on any atom is -0.423 e. The highest BCUT2D eigenvalue weighted by atomic mass is 32.2. The lowest BCUT2D eigenvalue weighted by Crippen LogP contribution is -2.27. The number of ether oxygens (including phenoxy) is 1. The molecule has 11 heteroatoms. The lowest BCUT2D eigenvalue weighted by atomic mass is 10.2. The first-order valence-electron chi connectivity index (χ1n) is 6.42. The molecule has 2 N–H and O–H groups in total. The molecule has 1 amide bonds. The molecule has 2 aromatic rings. The molecule has 0 aliphatic heterocycles. The molecule has 0 aliphatic rings. The number of carbonyl (C=O) groups is 2. The van der Waals surface area contributed by atoms with E-state index in [2.05, 4.69) is 4.98 Å². The highest BCUT2D eigenvalue weighted by molar-refractivity contribution is 7.92. The van der Waals surface area contributed by atoms with E-state index in [-0.39, 0.29) is 11.3 Å². The molecule has 0 radical (unpaired) electrons. The highest BCUT2D eigenvalue weighted by Gasteiger charge is 2.49. The van der Waals surface area contributed by atoms with Crippen molar-refractivity contribution in [1.29, 1.82) is 0 Å². The Kier molecular flexibility index (Phi) is 4.79. The van der Waals surface area contributed by atoms with Gasteiger partial charge in [-0.15, -0.1) is 0 Å². The van der Waals surface area contributed by atoms with Crippen molar-refractivity contribution in [3.05, 3.63) is 53.7 Å². The average Bonchev–Trinajstić information content (AvgIpc) is 2.54. The highest BCUT2D eigenvalue weighted by Crippen LogP contribution is 2.31. The molecule has 0 atom stereocenters. The first-order valence-corrected chi connectivity index (χ1v) is 7.91. The monoisotopic (exact) mass is 374 g/mol. The Balaban J connectivity index is 2.42. The van der Waals surface area contributed by atoms with E-state index in [0.717, 1.165) is 24.4 Å². The summed E-state index contributed by atoms with van der Waals surface area (Å²) < 4.78 is 66.0. The molecule has 0 saturated heterocycles. The van der Waals surface area contributed by atoms with E-state index >= 15 is 0 Å². The Morgan fingerprint density at radius 2 is 1.80 bits per heavy atom. The number of hydrogen-bond donors (Lipinski definition) is 1. The van der Waals surface area contributed by atoms with Crippen molar-refractivity contribution in [2.75, 3.05) is 0 Å². The van der Waals surface area contributed by atoms with Gasteiger partial charge in [-0.1, -0.05) is 6.07 Å². The van der Waals surface area contributed by atoms with Gasteiger partial charge < -0.3 is 10.5 Å². The van der Waals surface area contributed by atoms with Gasteiger partial charge in [0.25, 0.3) is 9.84 Å². The van der Waals surface area contributed by atoms with Crippen LogP contribution in [-0.2, 0) is 9.84 Å². The van der Waals surface area contributed by atoms with Crippen molar-refractivity contribution in [3.8, 4) is 5.75 Å². The molecule has 1 aromatic heterocycles. The quantitative estimate of drug-likeness (QED) is 0.643. The van der Waals surface area contributed by atoms with Crippen molar-refractivity contribution in [2.45, 2.75) is 10.5 Å². The smallest absolute Gasteiger partial charge is 0.423 e. The Bertz CT molecular complexity index is 941. The fourth-order valence-corrected chi connectivity index (χ4v) is 2.60. The first-order chi connectivity index (χ1) is 11.5. The number of alkyl halides is 3. The molecule has 0 unspecified atom stereocenters. The normalized spacial score (nSPS) is 11.8. The summed E-state index contributed by atoms with van der Waals surface area (Å²) in [6.07, 6.45) is 0.795. The van der Waals surface area contributed by atoms with Gasteiger partial charge in [-0.3, -0.25) is 4.79 Å². The van der Waals surface area contributed by atoms with E-state index in [1.807, 2.05) is 0 Å². The number of nitrogens with zero attached hydrogens (tertiary/aromatic N) is 1. The zero-order chi connectivity index (χ0) is 18.8. The summed E-state index contributed by atoms with van der Waals surface area (Å²) in [5.41, 5.74) is -1.49. The minimum atomic E-state index is -5.85. The molecule has 1 heterocycles. The van der Waals surface area contributed by atoms with Gasteiger partial charge >= 0.3 is 11.5 Å². The summed E-state index contributed by atoms with van der Waals surface area (Å²) in [6.45, 7) is 0. The maximum atomic E-state index is 12.7. The van der Waals surface area contributed by atoms with E-state index in [9.17, 15) is 31.2 Å². The van der Waals surface area contributed by atoms with Crippen LogP contribution in [0.4, 0.5) is 13.2 Å². The summed E-state index contributed by atoms with van der Waals surface area (Å²) >= 11 is 0. The van der Waals surface area contributed by atoms with Crippen LogP contribution in [0.15, 0.2) is 47.6 Å². The SMILES string of the molecule is NC(=O)c1cccc(OC(=O)c2cccnc2S(=O)(=O)C(F)(F)F)c1. The van der Waals surface area contributed by atoms with Crippen molar-refractivity contribution in [3.63, 3.8) is 0 Å². The van der Waals surface area contributed by atoms with Gasteiger partial charge in [-0.25, -0.2) is 18.2 Å². The molecule has 0 saturated carbocycles. The number of rotatable bonds is 4. The Morgan fingerprint density at radius 3 is 2.40 bits per heavy atom. The van der Waals surface area contributed by atoms with Crippen LogP contribution in [0.1, 0.15) is 20.7 Å². The molecular formula is C14H9F3N2O5S. The summed E-state index contributed by atoms with van der Waals surface area (Å²) in [6, 6.07) is 6.85. The summed E-state index contributed by atoms with van der Waals surface area (Å²) in [7, 11) is -5.85. The second-order valence-corrected chi connectivity index (χ2v) is 6.44. The predicted molar refractivity (Wildman–Crippen MR) is 77.4 cm³/mol. The molecule has 132 valence electrons. The Labute approximate surface area is 139 Å². The van der Waals surface area contributed by atoms with E-state index in [0.29, 0.717) is 0 Å². The number of nitrogens with two attached hydrogens (primary N) is 1. The minimum absolute atomic E-state index is 0.0142. The standard InChI is InChI=1S/C14H9F3N2O5S/c15-14(16,17)25(22,23)12-10(5-2-6-19-12)13(21)24-9-4-1-3-8(7-9)11(18)20/h1-7H,(H2,18,20). The summed E-state index contributed by atoms with van der Waals surface area (Å²) in [5, 5.41) is -1.47. The number of pyridine rings is 1. The number of carbonyl (C=O) groups excluding carboxylic acids is 2. The predicted octanol–water partition coefficient (Wildman–Crippen LogP) is 1.69. The fraction of sp³-hybridized carbons (Fsp3) is 0.0714. The van der Waals surface area contributed by atoms with Gasteiger partial charge in [-0.2, -0.15) is 13.2 Å². The van der Waals surface area contributed by atoms with Crippen LogP contribution in [0.5, 0.6) is 5.75 Å². The fourth-order valence-electron chi connectivity index (χ4n) is 1.74. The number of halogens is 3. The van der Waals surface area contributed by atoms with E-state index in [4.69, 9.17) is 10.5 Å². The molecule has 0 bridgehead atoms. The zero-order valence-corrected chi connectivity index (χ0v) is 13.0. The average molecular weight is 374 g/mol. The largest absolute Gasteiger partial charge is 0.503 e. The number of benzene rings is 1. The first kappa shape index (κ1) is 18.4. The van der Waals surface area contributed by atoms with E-state index in [1.165, 1.54) is 18.2 Å². The Morgan fingerprint density at radius 1 is 1.12 bits per heavy atom. The number of esters is 1. The third-order valence-electron chi connectivity index (χ3n) is 2.88. The van der Waals surface area contributed by atoms with Crippen LogP contribution in [0.25, 0.3) is 0 Å². The number of amides is 1.